The molecule has 0 saturated heterocycles. The van der Waals surface area contributed by atoms with Crippen LogP contribution < -0.4 is 5.73 Å². The Morgan fingerprint density at radius 2 is 1.89 bits per heavy atom. The zero-order chi connectivity index (χ0) is 13.2. The first-order chi connectivity index (χ1) is 8.49. The van der Waals surface area contributed by atoms with Gasteiger partial charge in [0.05, 0.1) is 0 Å². The second kappa shape index (κ2) is 4.91. The smallest absolute Gasteiger partial charge is 0.0437 e. The number of aromatic nitrogens is 1. The molecule has 2 rings (SSSR count). The fourth-order valence-corrected chi connectivity index (χ4v) is 2.08. The molecule has 0 aliphatic rings. The van der Waals surface area contributed by atoms with E-state index in [0.29, 0.717) is 0 Å². The molecule has 1 heterocycles. The number of aryl methyl sites for hydroxylation is 2. The molecule has 0 fully saturated rings. The van der Waals surface area contributed by atoms with E-state index in [-0.39, 0.29) is 5.54 Å². The van der Waals surface area contributed by atoms with Crippen LogP contribution in [0.15, 0.2) is 42.6 Å². The molecule has 2 heteroatoms. The molecule has 0 saturated carbocycles. The third-order valence-corrected chi connectivity index (χ3v) is 3.44. The normalized spacial score (nSPS) is 14.2. The highest BCUT2D eigenvalue weighted by molar-refractivity contribution is 5.34. The Morgan fingerprint density at radius 3 is 2.50 bits per heavy atom. The van der Waals surface area contributed by atoms with Gasteiger partial charge in [0.15, 0.2) is 0 Å². The Balaban J connectivity index is 2.27. The van der Waals surface area contributed by atoms with Crippen LogP contribution in [-0.4, -0.2) is 4.98 Å². The van der Waals surface area contributed by atoms with E-state index in [1.165, 1.54) is 11.1 Å². The minimum absolute atomic E-state index is 0.382. The zero-order valence-corrected chi connectivity index (χ0v) is 11.3. The first kappa shape index (κ1) is 12.8. The molecule has 0 spiro atoms. The molecule has 18 heavy (non-hydrogen) atoms. The summed E-state index contributed by atoms with van der Waals surface area (Å²) in [7, 11) is 0. The number of nitrogens with zero attached hydrogens (tertiary/aromatic N) is 1. The van der Waals surface area contributed by atoms with Gasteiger partial charge in [-0.2, -0.15) is 0 Å². The second-order valence-electron chi connectivity index (χ2n) is 5.21. The van der Waals surface area contributed by atoms with E-state index in [1.807, 2.05) is 24.4 Å². The van der Waals surface area contributed by atoms with Gasteiger partial charge >= 0.3 is 0 Å². The number of hydrogen-bond acceptors (Lipinski definition) is 2. The van der Waals surface area contributed by atoms with Crippen LogP contribution in [0.3, 0.4) is 0 Å². The topological polar surface area (TPSA) is 38.9 Å². The van der Waals surface area contributed by atoms with Crippen molar-refractivity contribution < 1.29 is 0 Å². The predicted octanol–water partition coefficient (Wildman–Crippen LogP) is 3.12. The van der Waals surface area contributed by atoms with Crippen molar-refractivity contribution in [3.05, 3.63) is 65.0 Å². The molecular formula is C16H20N2. The van der Waals surface area contributed by atoms with Crippen molar-refractivity contribution >= 4 is 0 Å². The molecular weight excluding hydrogens is 220 g/mol. The number of benzene rings is 1. The van der Waals surface area contributed by atoms with Gasteiger partial charge < -0.3 is 5.73 Å². The fourth-order valence-electron chi connectivity index (χ4n) is 2.08. The molecule has 0 aliphatic carbocycles. The van der Waals surface area contributed by atoms with Gasteiger partial charge in [-0.25, -0.2) is 0 Å². The summed E-state index contributed by atoms with van der Waals surface area (Å²) in [5.41, 5.74) is 10.8. The summed E-state index contributed by atoms with van der Waals surface area (Å²) in [4.78, 5) is 4.35. The van der Waals surface area contributed by atoms with Gasteiger partial charge in [0.25, 0.3) is 0 Å². The Morgan fingerprint density at radius 1 is 1.11 bits per heavy atom. The van der Waals surface area contributed by atoms with E-state index in [2.05, 4.69) is 44.0 Å². The minimum atomic E-state index is -0.382. The van der Waals surface area contributed by atoms with Crippen LogP contribution in [0, 0.1) is 13.8 Å². The molecule has 2 nitrogen and oxygen atoms in total. The number of hydrogen-bond donors (Lipinski definition) is 1. The second-order valence-corrected chi connectivity index (χ2v) is 5.21. The maximum absolute atomic E-state index is 6.45. The van der Waals surface area contributed by atoms with Gasteiger partial charge in [0.2, 0.25) is 0 Å². The first-order valence-electron chi connectivity index (χ1n) is 6.25. The molecule has 1 aromatic carbocycles. The Labute approximate surface area is 109 Å². The molecule has 0 radical (unpaired) electrons. The van der Waals surface area contributed by atoms with Crippen molar-refractivity contribution in [3.63, 3.8) is 0 Å². The van der Waals surface area contributed by atoms with Crippen molar-refractivity contribution in [3.8, 4) is 0 Å². The standard InChI is InChI=1S/C16H20N2/c1-12-7-8-14(10-13(12)2)16(3,17)11-15-6-4-5-9-18-15/h4-10H,11,17H2,1-3H3. The largest absolute Gasteiger partial charge is 0.321 e. The van der Waals surface area contributed by atoms with Crippen LogP contribution in [0.25, 0.3) is 0 Å². The van der Waals surface area contributed by atoms with Crippen LogP contribution >= 0.6 is 0 Å². The van der Waals surface area contributed by atoms with E-state index >= 15 is 0 Å². The van der Waals surface area contributed by atoms with E-state index < -0.39 is 0 Å². The summed E-state index contributed by atoms with van der Waals surface area (Å²) in [6.45, 7) is 6.30. The third kappa shape index (κ3) is 2.77. The molecule has 2 aromatic rings. The maximum atomic E-state index is 6.45. The average molecular weight is 240 g/mol. The van der Waals surface area contributed by atoms with Gasteiger partial charge in [0, 0.05) is 23.9 Å². The van der Waals surface area contributed by atoms with E-state index in [9.17, 15) is 0 Å². The molecule has 0 aliphatic heterocycles. The van der Waals surface area contributed by atoms with Crippen LogP contribution in [-0.2, 0) is 12.0 Å². The summed E-state index contributed by atoms with van der Waals surface area (Å²) in [5, 5.41) is 0. The highest BCUT2D eigenvalue weighted by Gasteiger charge is 2.22. The summed E-state index contributed by atoms with van der Waals surface area (Å²) in [6, 6.07) is 12.4. The lowest BCUT2D eigenvalue weighted by Crippen LogP contribution is -2.35. The van der Waals surface area contributed by atoms with Crippen molar-refractivity contribution in [1.82, 2.24) is 4.98 Å². The fraction of sp³-hybridized carbons (Fsp3) is 0.312. The lowest BCUT2D eigenvalue weighted by molar-refractivity contribution is 0.485. The average Bonchev–Trinajstić information content (AvgIpc) is 2.33. The van der Waals surface area contributed by atoms with Gasteiger partial charge in [-0.3, -0.25) is 4.98 Å². The monoisotopic (exact) mass is 240 g/mol. The molecule has 0 amide bonds. The van der Waals surface area contributed by atoms with Gasteiger partial charge in [-0.1, -0.05) is 24.3 Å². The van der Waals surface area contributed by atoms with Gasteiger partial charge in [-0.15, -0.1) is 0 Å². The summed E-state index contributed by atoms with van der Waals surface area (Å²) < 4.78 is 0. The molecule has 1 atom stereocenters. The molecule has 94 valence electrons. The SMILES string of the molecule is Cc1ccc(C(C)(N)Cc2ccccn2)cc1C. The molecule has 1 unspecified atom stereocenters. The summed E-state index contributed by atoms with van der Waals surface area (Å²) in [6.07, 6.45) is 2.56. The first-order valence-corrected chi connectivity index (χ1v) is 6.25. The number of rotatable bonds is 3. The summed E-state index contributed by atoms with van der Waals surface area (Å²) >= 11 is 0. The highest BCUT2D eigenvalue weighted by Crippen LogP contribution is 2.24. The van der Waals surface area contributed by atoms with Crippen molar-refractivity contribution in [1.29, 1.82) is 0 Å². The van der Waals surface area contributed by atoms with Crippen LogP contribution in [0.2, 0.25) is 0 Å². The zero-order valence-electron chi connectivity index (χ0n) is 11.3. The van der Waals surface area contributed by atoms with E-state index in [4.69, 9.17) is 5.73 Å². The van der Waals surface area contributed by atoms with Crippen molar-refractivity contribution in [2.75, 3.05) is 0 Å². The van der Waals surface area contributed by atoms with Crippen LogP contribution in [0.4, 0.5) is 0 Å². The molecule has 1 aromatic heterocycles. The number of pyridine rings is 1. The third-order valence-electron chi connectivity index (χ3n) is 3.44. The lowest BCUT2D eigenvalue weighted by atomic mass is 9.86. The van der Waals surface area contributed by atoms with Crippen LogP contribution in [0.1, 0.15) is 29.3 Å². The summed E-state index contributed by atoms with van der Waals surface area (Å²) in [5.74, 6) is 0. The quantitative estimate of drug-likeness (QED) is 0.895. The molecule has 0 bridgehead atoms. The predicted molar refractivity (Wildman–Crippen MR) is 75.4 cm³/mol. The van der Waals surface area contributed by atoms with E-state index in [0.717, 1.165) is 17.7 Å². The lowest BCUT2D eigenvalue weighted by Gasteiger charge is -2.25. The Kier molecular flexibility index (Phi) is 3.48. The Hall–Kier alpha value is -1.67. The number of nitrogens with two attached hydrogens (primary N) is 1. The van der Waals surface area contributed by atoms with Gasteiger partial charge in [-0.05, 0) is 49.6 Å². The van der Waals surface area contributed by atoms with Crippen molar-refractivity contribution in [2.45, 2.75) is 32.7 Å². The highest BCUT2D eigenvalue weighted by atomic mass is 14.8. The maximum Gasteiger partial charge on any atom is 0.0437 e. The van der Waals surface area contributed by atoms with Gasteiger partial charge in [0.1, 0.15) is 0 Å². The van der Waals surface area contributed by atoms with E-state index in [1.54, 1.807) is 0 Å². The minimum Gasteiger partial charge on any atom is -0.321 e. The van der Waals surface area contributed by atoms with Crippen molar-refractivity contribution in [2.24, 2.45) is 5.73 Å². The molecule has 2 N–H and O–H groups in total. The Bertz CT molecular complexity index is 530. The van der Waals surface area contributed by atoms with Crippen LogP contribution in [0.5, 0.6) is 0 Å².